The minimum atomic E-state index is 0.174. The number of rotatable bonds is 11. The van der Waals surface area contributed by atoms with Gasteiger partial charge in [-0.05, 0) is 93.0 Å². The van der Waals surface area contributed by atoms with E-state index in [2.05, 4.69) is 178 Å². The highest BCUT2D eigenvalue weighted by atomic mass is 32.2. The number of allylic oxidation sites excluding steroid dienone is 10. The van der Waals surface area contributed by atoms with Crippen LogP contribution in [0.5, 0.6) is 0 Å². The zero-order valence-corrected chi connectivity index (χ0v) is 42.4. The van der Waals surface area contributed by atoms with E-state index in [1.54, 1.807) is 12.2 Å². The first-order valence-corrected chi connectivity index (χ1v) is 25.0. The van der Waals surface area contributed by atoms with Gasteiger partial charge in [-0.15, -0.1) is 6.58 Å². The van der Waals surface area contributed by atoms with Crippen LogP contribution in [0.3, 0.4) is 0 Å². The molecule has 1 aliphatic carbocycles. The van der Waals surface area contributed by atoms with Gasteiger partial charge in [0.15, 0.2) is 11.6 Å². The number of anilines is 1. The van der Waals surface area contributed by atoms with E-state index in [4.69, 9.17) is 15.0 Å². The van der Waals surface area contributed by atoms with Crippen molar-refractivity contribution in [1.82, 2.24) is 19.5 Å². The molecule has 2 aromatic heterocycles. The first-order valence-electron chi connectivity index (χ1n) is 24.2. The molecule has 3 heterocycles. The lowest BCUT2D eigenvalue weighted by atomic mass is 9.92. The number of aryl methyl sites for hydroxylation is 1. The first kappa shape index (κ1) is 50.4. The van der Waals surface area contributed by atoms with Crippen LogP contribution in [0.1, 0.15) is 91.8 Å². The van der Waals surface area contributed by atoms with E-state index in [1.165, 1.54) is 43.1 Å². The Balaban J connectivity index is 0.00000103. The molecule has 6 heteroatoms. The van der Waals surface area contributed by atoms with E-state index in [1.807, 2.05) is 76.7 Å². The highest BCUT2D eigenvalue weighted by Gasteiger charge is 2.29. The summed E-state index contributed by atoms with van der Waals surface area (Å²) < 4.78 is 2.29. The summed E-state index contributed by atoms with van der Waals surface area (Å²) in [4.78, 5) is 20.9. The van der Waals surface area contributed by atoms with Crippen LogP contribution in [0.15, 0.2) is 193 Å². The smallest absolute Gasteiger partial charge is 0.238 e. The van der Waals surface area contributed by atoms with Gasteiger partial charge in [-0.2, -0.15) is 9.97 Å². The van der Waals surface area contributed by atoms with Gasteiger partial charge in [-0.3, -0.25) is 4.57 Å². The van der Waals surface area contributed by atoms with Gasteiger partial charge in [-0.25, -0.2) is 4.98 Å². The molecule has 0 spiro atoms. The molecule has 1 aliphatic heterocycles. The van der Waals surface area contributed by atoms with Crippen molar-refractivity contribution in [3.63, 3.8) is 0 Å². The molecule has 68 heavy (non-hydrogen) atoms. The average Bonchev–Trinajstić information content (AvgIpc) is 3.74. The highest BCUT2D eigenvalue weighted by Crippen LogP contribution is 2.49. The van der Waals surface area contributed by atoms with Gasteiger partial charge in [0.2, 0.25) is 5.95 Å². The summed E-state index contributed by atoms with van der Waals surface area (Å²) in [6.07, 6.45) is 23.7. The van der Waals surface area contributed by atoms with Crippen molar-refractivity contribution in [2.45, 2.75) is 92.5 Å². The zero-order valence-electron chi connectivity index (χ0n) is 41.6. The molecule has 2 aliphatic rings. The second-order valence-electron chi connectivity index (χ2n) is 15.8. The molecular weight excluding hydrogens is 847 g/mol. The number of fused-ring (bicyclic) bond motifs is 6. The van der Waals surface area contributed by atoms with Gasteiger partial charge in [0.1, 0.15) is 0 Å². The third-order valence-electron chi connectivity index (χ3n) is 11.7. The van der Waals surface area contributed by atoms with Crippen molar-refractivity contribution >= 4 is 50.9 Å². The number of hydrogen-bond donors (Lipinski definition) is 0. The van der Waals surface area contributed by atoms with Crippen molar-refractivity contribution in [3.05, 3.63) is 205 Å². The molecule has 7 aromatic rings. The molecule has 0 bridgehead atoms. The molecule has 1 unspecified atom stereocenters. The van der Waals surface area contributed by atoms with Gasteiger partial charge >= 0.3 is 0 Å². The first-order chi connectivity index (χ1) is 33.4. The molecule has 0 fully saturated rings. The normalized spacial score (nSPS) is 13.5. The maximum atomic E-state index is 5.37. The Kier molecular flexibility index (Phi) is 17.9. The fourth-order valence-corrected chi connectivity index (χ4v) is 10.1. The molecule has 5 aromatic carbocycles. The Morgan fingerprint density at radius 2 is 1.47 bits per heavy atom. The zero-order chi connectivity index (χ0) is 48.7. The summed E-state index contributed by atoms with van der Waals surface area (Å²) in [6.45, 7) is 29.9. The van der Waals surface area contributed by atoms with Gasteiger partial charge < -0.3 is 4.90 Å². The lowest BCUT2D eigenvalue weighted by Crippen LogP contribution is -2.33. The van der Waals surface area contributed by atoms with Gasteiger partial charge in [0.25, 0.3) is 0 Å². The third-order valence-corrected chi connectivity index (χ3v) is 12.8. The van der Waals surface area contributed by atoms with E-state index in [0.717, 1.165) is 63.7 Å². The maximum Gasteiger partial charge on any atom is 0.238 e. The van der Waals surface area contributed by atoms with Crippen molar-refractivity contribution < 1.29 is 0 Å². The Hall–Kier alpha value is -7.02. The summed E-state index contributed by atoms with van der Waals surface area (Å²) in [6, 6.07) is 37.0. The maximum absolute atomic E-state index is 5.37. The van der Waals surface area contributed by atoms with Crippen LogP contribution in [0.4, 0.5) is 5.69 Å². The fraction of sp³-hybridized carbons (Fsp3) is 0.210. The molecule has 5 nitrogen and oxygen atoms in total. The quantitative estimate of drug-likeness (QED) is 0.0956. The number of hydrogen-bond acceptors (Lipinski definition) is 5. The second-order valence-corrected chi connectivity index (χ2v) is 16.9. The Morgan fingerprint density at radius 1 is 0.779 bits per heavy atom. The number of benzene rings is 5. The van der Waals surface area contributed by atoms with Gasteiger partial charge in [0.05, 0.1) is 16.7 Å². The minimum absolute atomic E-state index is 0.174. The Labute approximate surface area is 410 Å². The van der Waals surface area contributed by atoms with Crippen molar-refractivity contribution in [2.75, 3.05) is 4.90 Å². The summed E-state index contributed by atoms with van der Waals surface area (Å²) in [5, 5.41) is 2.44. The standard InChI is InChI=1S/C55H49N5S.C3H6.2C2H6/c1-7-18-36(6)59-46(11-5)49(20-9-3)61-50-34-32-42(35-48(50)59)44-25-17-26-45-51-43-24-16-15-21-39(43)31-33-47(51)60(52(44)45)55-57-53(40-22-13-12-14-23-40)56-54(58-55)41-29-27-38(28-30-41)37(10-4)19-8-2;1-3-2;2*1-2/h7-10,12-15,17-23,25-36H,2,4,11,16,24H2,1,3,5-6H3;3H,1H2,2H3;2*1-2H3/b18-7-,20-9-,37-19+;;;. The highest BCUT2D eigenvalue weighted by molar-refractivity contribution is 8.03. The third kappa shape index (κ3) is 10.3. The average molecular weight is 914 g/mol. The van der Waals surface area contributed by atoms with E-state index in [0.29, 0.717) is 17.6 Å². The number of para-hydroxylation sites is 1. The molecule has 0 amide bonds. The van der Waals surface area contributed by atoms with E-state index >= 15 is 0 Å². The van der Waals surface area contributed by atoms with Crippen molar-refractivity contribution in [2.24, 2.45) is 0 Å². The molecular formula is C62H67N5S. The minimum Gasteiger partial charge on any atom is -0.336 e. The lowest BCUT2D eigenvalue weighted by Gasteiger charge is -2.38. The summed E-state index contributed by atoms with van der Waals surface area (Å²) in [5.41, 5.74) is 13.5. The van der Waals surface area contributed by atoms with Gasteiger partial charge in [-0.1, -0.05) is 205 Å². The van der Waals surface area contributed by atoms with Crippen LogP contribution in [0, 0.1) is 0 Å². The predicted octanol–water partition coefficient (Wildman–Crippen LogP) is 18.0. The van der Waals surface area contributed by atoms with Crippen LogP contribution in [-0.2, 0) is 6.42 Å². The summed E-state index contributed by atoms with van der Waals surface area (Å²) in [7, 11) is 0. The number of aromatic nitrogens is 4. The molecule has 346 valence electrons. The Bertz CT molecular complexity index is 3050. The number of thioether (sulfide) groups is 1. The van der Waals surface area contributed by atoms with Crippen LogP contribution in [0.25, 0.3) is 73.3 Å². The molecule has 0 radical (unpaired) electrons. The SMILES string of the molecule is C=C/C=C(\C=C)c1ccc(-c2nc(-c3ccccc3)nc(-n3c4ccc5c(c4c4cccc(-c6ccc7c(c6)N(C(C)/C=C\C)C(CC)=C(/C=C\C)S7)c43)CCC=C5)n2)cc1.C=CC.CC.CC. The van der Waals surface area contributed by atoms with Crippen molar-refractivity contribution in [3.8, 4) is 39.9 Å². The summed E-state index contributed by atoms with van der Waals surface area (Å²) >= 11 is 1.86. The van der Waals surface area contributed by atoms with Crippen LogP contribution in [-0.4, -0.2) is 25.6 Å². The van der Waals surface area contributed by atoms with E-state index in [-0.39, 0.29) is 6.04 Å². The predicted molar refractivity (Wildman–Crippen MR) is 300 cm³/mol. The molecule has 1 atom stereocenters. The van der Waals surface area contributed by atoms with Crippen LogP contribution in [0.2, 0.25) is 0 Å². The topological polar surface area (TPSA) is 46.8 Å². The fourth-order valence-electron chi connectivity index (χ4n) is 8.94. The number of nitrogens with zero attached hydrogens (tertiary/aromatic N) is 5. The van der Waals surface area contributed by atoms with Crippen LogP contribution < -0.4 is 4.90 Å². The van der Waals surface area contributed by atoms with E-state index < -0.39 is 0 Å². The molecule has 0 saturated heterocycles. The van der Waals surface area contributed by atoms with Crippen LogP contribution >= 0.6 is 11.8 Å². The second kappa shape index (κ2) is 24.1. The molecule has 9 rings (SSSR count). The Morgan fingerprint density at radius 3 is 2.12 bits per heavy atom. The largest absolute Gasteiger partial charge is 0.336 e. The molecule has 0 saturated carbocycles. The van der Waals surface area contributed by atoms with Crippen molar-refractivity contribution in [1.29, 1.82) is 0 Å². The van der Waals surface area contributed by atoms with E-state index in [9.17, 15) is 0 Å². The monoisotopic (exact) mass is 914 g/mol. The summed E-state index contributed by atoms with van der Waals surface area (Å²) in [5.74, 6) is 1.80. The van der Waals surface area contributed by atoms with Gasteiger partial charge in [0, 0.05) is 49.0 Å². The lowest BCUT2D eigenvalue weighted by molar-refractivity contribution is 0.777. The molecule has 0 N–H and O–H groups in total.